The highest BCUT2D eigenvalue weighted by atomic mass is 32.2. The summed E-state index contributed by atoms with van der Waals surface area (Å²) >= 11 is 1.29. The van der Waals surface area contributed by atoms with Gasteiger partial charge < -0.3 is 5.11 Å². The van der Waals surface area contributed by atoms with Crippen LogP contribution >= 0.6 is 11.8 Å². The number of thioether (sulfide) groups is 1. The monoisotopic (exact) mass is 236 g/mol. The molecule has 1 aromatic rings. The molecule has 0 heterocycles. The molecule has 0 unspecified atom stereocenters. The zero-order valence-electron chi connectivity index (χ0n) is 9.56. The molecule has 0 bridgehead atoms. The molecule has 0 aliphatic rings. The van der Waals surface area contributed by atoms with Gasteiger partial charge in [0.15, 0.2) is 5.12 Å². The van der Waals surface area contributed by atoms with Gasteiger partial charge >= 0.3 is 0 Å². The molecule has 1 rings (SSSR count). The molecule has 0 radical (unpaired) electrons. The van der Waals surface area contributed by atoms with Crippen LogP contribution in [-0.2, 0) is 11.4 Å². The average molecular weight is 236 g/mol. The number of benzene rings is 1. The summed E-state index contributed by atoms with van der Waals surface area (Å²) in [6.45, 7) is 3.62. The van der Waals surface area contributed by atoms with Crippen molar-refractivity contribution in [3.05, 3.63) is 41.0 Å². The van der Waals surface area contributed by atoms with Gasteiger partial charge in [0.1, 0.15) is 0 Å². The highest BCUT2D eigenvalue weighted by Gasteiger charge is 1.99. The zero-order chi connectivity index (χ0) is 12.0. The molecule has 0 aromatic heterocycles. The summed E-state index contributed by atoms with van der Waals surface area (Å²) in [7, 11) is 0. The van der Waals surface area contributed by atoms with E-state index in [-0.39, 0.29) is 11.7 Å². The first-order valence-corrected chi connectivity index (χ1v) is 6.13. The maximum Gasteiger partial charge on any atom is 0.186 e. The average Bonchev–Trinajstić information content (AvgIpc) is 2.26. The van der Waals surface area contributed by atoms with Crippen LogP contribution in [0.3, 0.4) is 0 Å². The van der Waals surface area contributed by atoms with E-state index in [1.54, 1.807) is 6.92 Å². The van der Waals surface area contributed by atoms with Gasteiger partial charge in [-0.15, -0.1) is 0 Å². The van der Waals surface area contributed by atoms with Crippen LogP contribution < -0.4 is 0 Å². The molecule has 86 valence electrons. The Kier molecular flexibility index (Phi) is 5.29. The Hall–Kier alpha value is -1.06. The summed E-state index contributed by atoms with van der Waals surface area (Å²) in [6.07, 6.45) is 3.96. The second kappa shape index (κ2) is 6.51. The molecule has 0 amide bonds. The van der Waals surface area contributed by atoms with E-state index in [4.69, 9.17) is 5.11 Å². The van der Waals surface area contributed by atoms with E-state index in [0.717, 1.165) is 16.7 Å². The molecular weight excluding hydrogens is 220 g/mol. The Morgan fingerprint density at radius 2 is 2.25 bits per heavy atom. The second-order valence-electron chi connectivity index (χ2n) is 3.49. The summed E-state index contributed by atoms with van der Waals surface area (Å²) in [5, 5.41) is 9.24. The Bertz CT molecular complexity index is 397. The lowest BCUT2D eigenvalue weighted by atomic mass is 10.0. The molecule has 1 N–H and O–H groups in total. The van der Waals surface area contributed by atoms with Crippen molar-refractivity contribution in [3.63, 3.8) is 0 Å². The van der Waals surface area contributed by atoms with Crippen LogP contribution in [0.15, 0.2) is 24.3 Å². The van der Waals surface area contributed by atoms with Crippen LogP contribution in [0, 0.1) is 6.92 Å². The predicted octanol–water partition coefficient (Wildman–Crippen LogP) is 2.78. The van der Waals surface area contributed by atoms with E-state index < -0.39 is 0 Å². The molecule has 1 aromatic carbocycles. The summed E-state index contributed by atoms with van der Waals surface area (Å²) in [5.74, 6) is 0.693. The van der Waals surface area contributed by atoms with Crippen molar-refractivity contribution in [1.29, 1.82) is 0 Å². The van der Waals surface area contributed by atoms with Gasteiger partial charge in [-0.05, 0) is 23.6 Å². The van der Waals surface area contributed by atoms with Crippen molar-refractivity contribution in [2.45, 2.75) is 20.5 Å². The lowest BCUT2D eigenvalue weighted by Gasteiger charge is -2.05. The Morgan fingerprint density at radius 3 is 2.88 bits per heavy atom. The minimum atomic E-state index is 0.0652. The number of rotatable bonds is 4. The second-order valence-corrected chi connectivity index (χ2v) is 4.69. The highest BCUT2D eigenvalue weighted by molar-refractivity contribution is 8.13. The van der Waals surface area contributed by atoms with Gasteiger partial charge in [0, 0.05) is 12.7 Å². The van der Waals surface area contributed by atoms with Crippen LogP contribution in [0.4, 0.5) is 0 Å². The van der Waals surface area contributed by atoms with E-state index in [1.165, 1.54) is 11.8 Å². The van der Waals surface area contributed by atoms with Crippen molar-refractivity contribution < 1.29 is 9.90 Å². The fraction of sp³-hybridized carbons (Fsp3) is 0.308. The molecule has 16 heavy (non-hydrogen) atoms. The predicted molar refractivity (Wildman–Crippen MR) is 69.3 cm³/mol. The highest BCUT2D eigenvalue weighted by Crippen LogP contribution is 2.15. The van der Waals surface area contributed by atoms with Gasteiger partial charge in [-0.3, -0.25) is 4.79 Å². The fourth-order valence-corrected chi connectivity index (χ4v) is 1.82. The number of aliphatic hydroxyl groups is 1. The largest absolute Gasteiger partial charge is 0.392 e. The third-order valence-electron chi connectivity index (χ3n) is 2.34. The van der Waals surface area contributed by atoms with Crippen molar-refractivity contribution in [1.82, 2.24) is 0 Å². The first-order chi connectivity index (χ1) is 7.65. The van der Waals surface area contributed by atoms with Gasteiger partial charge in [0.05, 0.1) is 6.61 Å². The van der Waals surface area contributed by atoms with Gasteiger partial charge in [0.25, 0.3) is 0 Å². The molecule has 0 saturated heterocycles. The van der Waals surface area contributed by atoms with Gasteiger partial charge in [-0.25, -0.2) is 0 Å². The summed E-state index contributed by atoms with van der Waals surface area (Å²) < 4.78 is 0. The fourth-order valence-electron chi connectivity index (χ4n) is 1.40. The molecule has 0 saturated carbocycles. The first-order valence-electron chi connectivity index (χ1n) is 5.14. The van der Waals surface area contributed by atoms with Crippen molar-refractivity contribution >= 4 is 23.0 Å². The Balaban J connectivity index is 2.70. The Morgan fingerprint density at radius 1 is 1.50 bits per heavy atom. The lowest BCUT2D eigenvalue weighted by molar-refractivity contribution is -0.109. The Labute approximate surface area is 100 Å². The van der Waals surface area contributed by atoms with E-state index in [9.17, 15) is 4.79 Å². The summed E-state index contributed by atoms with van der Waals surface area (Å²) in [5.41, 5.74) is 3.13. The molecule has 2 nitrogen and oxygen atoms in total. The molecule has 3 heteroatoms. The maximum absolute atomic E-state index is 10.7. The number of hydrogen-bond acceptors (Lipinski definition) is 3. The van der Waals surface area contributed by atoms with Crippen LogP contribution in [0.5, 0.6) is 0 Å². The van der Waals surface area contributed by atoms with Crippen molar-refractivity contribution in [2.24, 2.45) is 0 Å². The van der Waals surface area contributed by atoms with Crippen LogP contribution in [0.25, 0.3) is 6.08 Å². The SMILES string of the molecule is CC(=O)SCC=Cc1cccc(CO)c1C. The molecule has 0 atom stereocenters. The standard InChI is InChI=1S/C13H16O2S/c1-10-12(5-3-6-13(10)9-14)7-4-8-16-11(2)15/h3-7,14H,8-9H2,1-2H3. The van der Waals surface area contributed by atoms with Crippen LogP contribution in [0.1, 0.15) is 23.6 Å². The van der Waals surface area contributed by atoms with E-state index in [1.807, 2.05) is 37.3 Å². The first kappa shape index (κ1) is 13.0. The van der Waals surface area contributed by atoms with Crippen molar-refractivity contribution in [2.75, 3.05) is 5.75 Å². The number of aliphatic hydroxyl groups excluding tert-OH is 1. The van der Waals surface area contributed by atoms with Crippen LogP contribution in [-0.4, -0.2) is 16.0 Å². The topological polar surface area (TPSA) is 37.3 Å². The molecule has 0 aliphatic carbocycles. The van der Waals surface area contributed by atoms with E-state index in [2.05, 4.69) is 0 Å². The third kappa shape index (κ3) is 3.83. The minimum Gasteiger partial charge on any atom is -0.392 e. The van der Waals surface area contributed by atoms with Gasteiger partial charge in [0.2, 0.25) is 0 Å². The smallest absolute Gasteiger partial charge is 0.186 e. The lowest BCUT2D eigenvalue weighted by Crippen LogP contribution is -1.91. The van der Waals surface area contributed by atoms with E-state index >= 15 is 0 Å². The van der Waals surface area contributed by atoms with E-state index in [0.29, 0.717) is 5.75 Å². The van der Waals surface area contributed by atoms with Gasteiger partial charge in [-0.2, -0.15) is 0 Å². The normalized spacial score (nSPS) is 10.9. The van der Waals surface area contributed by atoms with Crippen molar-refractivity contribution in [3.8, 4) is 0 Å². The maximum atomic E-state index is 10.7. The van der Waals surface area contributed by atoms with Gasteiger partial charge in [-0.1, -0.05) is 42.1 Å². The number of carbonyl (C=O) groups is 1. The quantitative estimate of drug-likeness (QED) is 0.873. The number of hydrogen-bond donors (Lipinski definition) is 1. The zero-order valence-corrected chi connectivity index (χ0v) is 10.4. The molecule has 0 fully saturated rings. The summed E-state index contributed by atoms with van der Waals surface area (Å²) in [4.78, 5) is 10.7. The minimum absolute atomic E-state index is 0.0652. The molecule has 0 spiro atoms. The molecular formula is C13H16O2S. The van der Waals surface area contributed by atoms with Crippen LogP contribution in [0.2, 0.25) is 0 Å². The number of carbonyl (C=O) groups excluding carboxylic acids is 1. The third-order valence-corrected chi connectivity index (χ3v) is 3.10. The molecule has 0 aliphatic heterocycles. The summed E-state index contributed by atoms with van der Waals surface area (Å²) in [6, 6.07) is 5.84.